The van der Waals surface area contributed by atoms with Gasteiger partial charge in [0.05, 0.1) is 6.10 Å². The lowest BCUT2D eigenvalue weighted by Gasteiger charge is -2.21. The van der Waals surface area contributed by atoms with Crippen molar-refractivity contribution in [3.8, 4) is 11.1 Å². The molecule has 2 heteroatoms. The van der Waals surface area contributed by atoms with E-state index in [0.29, 0.717) is 0 Å². The van der Waals surface area contributed by atoms with E-state index in [1.807, 2.05) is 24.3 Å². The molecular formula is C19H15NO. The van der Waals surface area contributed by atoms with Crippen LogP contribution in [0.25, 0.3) is 11.1 Å². The van der Waals surface area contributed by atoms with Gasteiger partial charge >= 0.3 is 0 Å². The van der Waals surface area contributed by atoms with Crippen LogP contribution >= 0.6 is 0 Å². The number of aliphatic hydroxyl groups excluding tert-OH is 1. The molecule has 1 unspecified atom stereocenters. The van der Waals surface area contributed by atoms with Gasteiger partial charge in [-0.15, -0.1) is 0 Å². The number of pyridine rings is 1. The van der Waals surface area contributed by atoms with Gasteiger partial charge in [0.1, 0.15) is 0 Å². The summed E-state index contributed by atoms with van der Waals surface area (Å²) >= 11 is 0. The van der Waals surface area contributed by atoms with Crippen molar-refractivity contribution < 1.29 is 5.11 Å². The maximum absolute atomic E-state index is 10.9. The molecule has 3 aromatic rings. The van der Waals surface area contributed by atoms with Crippen LogP contribution in [0.1, 0.15) is 28.7 Å². The van der Waals surface area contributed by atoms with E-state index in [-0.39, 0.29) is 5.92 Å². The lowest BCUT2D eigenvalue weighted by molar-refractivity contribution is 0.160. The number of benzene rings is 2. The average Bonchev–Trinajstić information content (AvgIpc) is 2.90. The van der Waals surface area contributed by atoms with E-state index in [0.717, 1.165) is 5.56 Å². The van der Waals surface area contributed by atoms with Crippen LogP contribution in [0, 0.1) is 0 Å². The molecule has 0 bridgehead atoms. The fraction of sp³-hybridized carbons (Fsp3) is 0.105. The first kappa shape index (κ1) is 12.3. The van der Waals surface area contributed by atoms with Crippen LogP contribution in [0.5, 0.6) is 0 Å². The predicted octanol–water partition coefficient (Wildman–Crippen LogP) is 3.93. The monoisotopic (exact) mass is 273 g/mol. The summed E-state index contributed by atoms with van der Waals surface area (Å²) in [5, 5.41) is 10.9. The molecule has 2 aromatic carbocycles. The van der Waals surface area contributed by atoms with Crippen LogP contribution in [0.2, 0.25) is 0 Å². The Hall–Kier alpha value is -2.45. The molecule has 4 rings (SSSR count). The first-order valence-electron chi connectivity index (χ1n) is 7.12. The Labute approximate surface area is 123 Å². The summed E-state index contributed by atoms with van der Waals surface area (Å²) in [4.78, 5) is 4.03. The van der Waals surface area contributed by atoms with Crippen LogP contribution in [0.4, 0.5) is 0 Å². The third-order valence-electron chi connectivity index (χ3n) is 4.25. The molecule has 1 heterocycles. The van der Waals surface area contributed by atoms with Crippen LogP contribution in [0.15, 0.2) is 73.1 Å². The van der Waals surface area contributed by atoms with Crippen molar-refractivity contribution >= 4 is 0 Å². The Morgan fingerprint density at radius 1 is 0.762 bits per heavy atom. The first-order chi connectivity index (χ1) is 10.4. The Bertz CT molecular complexity index is 737. The van der Waals surface area contributed by atoms with Gasteiger partial charge in [0, 0.05) is 18.3 Å². The molecule has 0 saturated heterocycles. The highest BCUT2D eigenvalue weighted by atomic mass is 16.3. The van der Waals surface area contributed by atoms with E-state index >= 15 is 0 Å². The molecule has 1 aliphatic rings. The van der Waals surface area contributed by atoms with E-state index in [9.17, 15) is 5.11 Å². The summed E-state index contributed by atoms with van der Waals surface area (Å²) < 4.78 is 0. The summed E-state index contributed by atoms with van der Waals surface area (Å²) in [5.41, 5.74) is 5.75. The third kappa shape index (κ3) is 1.88. The maximum atomic E-state index is 10.9. The van der Waals surface area contributed by atoms with Gasteiger partial charge in [0.15, 0.2) is 0 Å². The molecule has 0 amide bonds. The number of hydrogen-bond acceptors (Lipinski definition) is 2. The summed E-state index contributed by atoms with van der Waals surface area (Å²) in [6.45, 7) is 0. The summed E-state index contributed by atoms with van der Waals surface area (Å²) in [5.74, 6) is -0.0141. The van der Waals surface area contributed by atoms with Crippen LogP contribution in [-0.2, 0) is 0 Å². The van der Waals surface area contributed by atoms with Crippen molar-refractivity contribution in [3.05, 3.63) is 89.7 Å². The number of aliphatic hydroxyl groups is 1. The zero-order valence-electron chi connectivity index (χ0n) is 11.5. The zero-order chi connectivity index (χ0) is 14.2. The molecule has 1 N–H and O–H groups in total. The van der Waals surface area contributed by atoms with E-state index in [4.69, 9.17) is 0 Å². The standard InChI is InChI=1S/C19H15NO/c21-19(13-9-11-20-12-10-13)18-16-7-3-1-5-14(16)15-6-2-4-8-17(15)18/h1-12,18-19,21H. The van der Waals surface area contributed by atoms with Crippen molar-refractivity contribution in [1.82, 2.24) is 4.98 Å². The normalized spacial score (nSPS) is 14.5. The Kier molecular flexibility index (Phi) is 2.83. The smallest absolute Gasteiger partial charge is 0.0900 e. The van der Waals surface area contributed by atoms with Crippen molar-refractivity contribution in [1.29, 1.82) is 0 Å². The van der Waals surface area contributed by atoms with Crippen molar-refractivity contribution in [2.24, 2.45) is 0 Å². The zero-order valence-corrected chi connectivity index (χ0v) is 11.5. The van der Waals surface area contributed by atoms with Gasteiger partial charge in [0.2, 0.25) is 0 Å². The second kappa shape index (κ2) is 4.83. The fourth-order valence-electron chi connectivity index (χ4n) is 3.29. The minimum Gasteiger partial charge on any atom is -0.387 e. The lowest BCUT2D eigenvalue weighted by atomic mass is 9.88. The Balaban J connectivity index is 1.89. The van der Waals surface area contributed by atoms with E-state index in [1.54, 1.807) is 12.4 Å². The molecule has 102 valence electrons. The van der Waals surface area contributed by atoms with Gasteiger partial charge in [0.25, 0.3) is 0 Å². The third-order valence-corrected chi connectivity index (χ3v) is 4.25. The SMILES string of the molecule is OC(c1ccncc1)C1c2ccccc2-c2ccccc21. The lowest BCUT2D eigenvalue weighted by Crippen LogP contribution is -2.10. The predicted molar refractivity (Wildman–Crippen MR) is 82.9 cm³/mol. The van der Waals surface area contributed by atoms with E-state index in [1.165, 1.54) is 22.3 Å². The largest absolute Gasteiger partial charge is 0.387 e. The van der Waals surface area contributed by atoms with E-state index in [2.05, 4.69) is 41.4 Å². The summed E-state index contributed by atoms with van der Waals surface area (Å²) in [6, 6.07) is 20.4. The molecule has 0 aliphatic heterocycles. The molecule has 0 saturated carbocycles. The van der Waals surface area contributed by atoms with Gasteiger partial charge in [-0.3, -0.25) is 4.98 Å². The molecule has 0 fully saturated rings. The number of rotatable bonds is 2. The molecular weight excluding hydrogens is 258 g/mol. The fourth-order valence-corrected chi connectivity index (χ4v) is 3.29. The summed E-state index contributed by atoms with van der Waals surface area (Å²) in [7, 11) is 0. The number of nitrogens with zero attached hydrogens (tertiary/aromatic N) is 1. The second-order valence-corrected chi connectivity index (χ2v) is 5.38. The topological polar surface area (TPSA) is 33.1 Å². The minimum absolute atomic E-state index is 0.0141. The Morgan fingerprint density at radius 3 is 1.86 bits per heavy atom. The van der Waals surface area contributed by atoms with Gasteiger partial charge in [-0.25, -0.2) is 0 Å². The number of hydrogen-bond donors (Lipinski definition) is 1. The minimum atomic E-state index is -0.558. The van der Waals surface area contributed by atoms with Gasteiger partial charge in [-0.1, -0.05) is 48.5 Å². The molecule has 1 aliphatic carbocycles. The molecule has 1 atom stereocenters. The molecule has 1 aromatic heterocycles. The summed E-state index contributed by atoms with van der Waals surface area (Å²) in [6.07, 6.45) is 2.90. The maximum Gasteiger partial charge on any atom is 0.0900 e. The van der Waals surface area contributed by atoms with Crippen molar-refractivity contribution in [2.75, 3.05) is 0 Å². The van der Waals surface area contributed by atoms with Gasteiger partial charge < -0.3 is 5.11 Å². The molecule has 0 spiro atoms. The highest BCUT2D eigenvalue weighted by molar-refractivity contribution is 5.79. The van der Waals surface area contributed by atoms with Crippen molar-refractivity contribution in [2.45, 2.75) is 12.0 Å². The van der Waals surface area contributed by atoms with Crippen LogP contribution in [-0.4, -0.2) is 10.1 Å². The number of fused-ring (bicyclic) bond motifs is 3. The second-order valence-electron chi connectivity index (χ2n) is 5.38. The Morgan fingerprint density at radius 2 is 1.29 bits per heavy atom. The van der Waals surface area contributed by atoms with Crippen molar-refractivity contribution in [3.63, 3.8) is 0 Å². The van der Waals surface area contributed by atoms with Gasteiger partial charge in [-0.05, 0) is 39.9 Å². The molecule has 0 radical (unpaired) electrons. The average molecular weight is 273 g/mol. The first-order valence-corrected chi connectivity index (χ1v) is 7.12. The highest BCUT2D eigenvalue weighted by Gasteiger charge is 2.33. The molecule has 21 heavy (non-hydrogen) atoms. The van der Waals surface area contributed by atoms with E-state index < -0.39 is 6.10 Å². The van der Waals surface area contributed by atoms with Crippen LogP contribution in [0.3, 0.4) is 0 Å². The van der Waals surface area contributed by atoms with Gasteiger partial charge in [-0.2, -0.15) is 0 Å². The quantitative estimate of drug-likeness (QED) is 0.767. The molecule has 2 nitrogen and oxygen atoms in total. The highest BCUT2D eigenvalue weighted by Crippen LogP contribution is 2.49. The van der Waals surface area contributed by atoms with Crippen LogP contribution < -0.4 is 0 Å². The number of aromatic nitrogens is 1.